The fourth-order valence-electron chi connectivity index (χ4n) is 3.69. The van der Waals surface area contributed by atoms with Crippen molar-refractivity contribution in [2.24, 2.45) is 9.98 Å². The largest absolute Gasteiger partial charge is 0.341 e. The Morgan fingerprint density at radius 2 is 1.72 bits per heavy atom. The van der Waals surface area contributed by atoms with Gasteiger partial charge in [-0.25, -0.2) is 9.98 Å². The Morgan fingerprint density at radius 1 is 1.00 bits per heavy atom. The van der Waals surface area contributed by atoms with Gasteiger partial charge in [0.15, 0.2) is 5.78 Å². The molecule has 29 heavy (non-hydrogen) atoms. The van der Waals surface area contributed by atoms with Crippen LogP contribution in [0.25, 0.3) is 5.57 Å². The first-order valence-corrected chi connectivity index (χ1v) is 9.72. The van der Waals surface area contributed by atoms with Crippen molar-refractivity contribution < 1.29 is 9.59 Å². The van der Waals surface area contributed by atoms with E-state index < -0.39 is 0 Å². The number of fused-ring (bicyclic) bond motifs is 3. The smallest absolute Gasteiger partial charge is 0.226 e. The van der Waals surface area contributed by atoms with Gasteiger partial charge in [0.25, 0.3) is 0 Å². The Hall–Kier alpha value is -3.54. The summed E-state index contributed by atoms with van der Waals surface area (Å²) in [4.78, 5) is 36.5. The van der Waals surface area contributed by atoms with Crippen LogP contribution in [0.1, 0.15) is 42.3 Å². The van der Waals surface area contributed by atoms with Crippen LogP contribution in [0.4, 0.5) is 5.69 Å². The summed E-state index contributed by atoms with van der Waals surface area (Å²) in [6.07, 6.45) is 0. The van der Waals surface area contributed by atoms with Gasteiger partial charge in [0.2, 0.25) is 11.9 Å². The maximum atomic E-state index is 13.4. The minimum absolute atomic E-state index is 0.0842. The molecule has 0 saturated heterocycles. The van der Waals surface area contributed by atoms with E-state index in [9.17, 15) is 9.59 Å². The quantitative estimate of drug-likeness (QED) is 0.870. The molecule has 2 aliphatic rings. The lowest BCUT2D eigenvalue weighted by molar-refractivity contribution is -0.114. The van der Waals surface area contributed by atoms with E-state index in [2.05, 4.69) is 24.1 Å². The van der Waals surface area contributed by atoms with Crippen molar-refractivity contribution in [2.75, 3.05) is 18.4 Å². The van der Waals surface area contributed by atoms with Crippen LogP contribution in [0, 0.1) is 0 Å². The summed E-state index contributed by atoms with van der Waals surface area (Å²) in [5, 5.41) is 2.78. The fourth-order valence-corrected chi connectivity index (χ4v) is 3.69. The molecule has 4 rings (SSSR count). The van der Waals surface area contributed by atoms with E-state index in [1.165, 1.54) is 6.92 Å². The van der Waals surface area contributed by atoms with E-state index in [0.29, 0.717) is 34.0 Å². The highest BCUT2D eigenvalue weighted by Gasteiger charge is 2.35. The molecule has 1 aliphatic carbocycles. The van der Waals surface area contributed by atoms with Crippen LogP contribution in [0.2, 0.25) is 0 Å². The Bertz CT molecular complexity index is 1110. The molecule has 1 amide bonds. The molecule has 0 fully saturated rings. The molecule has 6 nitrogen and oxygen atoms in total. The third kappa shape index (κ3) is 3.27. The van der Waals surface area contributed by atoms with Crippen LogP contribution in [0.3, 0.4) is 0 Å². The molecule has 0 radical (unpaired) electrons. The highest BCUT2D eigenvalue weighted by molar-refractivity contribution is 6.43. The number of anilines is 1. The maximum Gasteiger partial charge on any atom is 0.226 e. The van der Waals surface area contributed by atoms with E-state index in [-0.39, 0.29) is 11.7 Å². The molecule has 1 N–H and O–H groups in total. The van der Waals surface area contributed by atoms with Crippen molar-refractivity contribution in [2.45, 2.75) is 20.8 Å². The molecule has 0 bridgehead atoms. The van der Waals surface area contributed by atoms with Crippen molar-refractivity contribution in [1.29, 1.82) is 0 Å². The molecule has 1 heterocycles. The average molecular weight is 386 g/mol. The number of amides is 1. The molecule has 0 saturated carbocycles. The summed E-state index contributed by atoms with van der Waals surface area (Å²) in [5.74, 6) is 0.379. The third-order valence-corrected chi connectivity index (χ3v) is 5.06. The summed E-state index contributed by atoms with van der Waals surface area (Å²) < 4.78 is 0. The third-order valence-electron chi connectivity index (χ3n) is 5.06. The van der Waals surface area contributed by atoms with Gasteiger partial charge in [0, 0.05) is 36.8 Å². The topological polar surface area (TPSA) is 74.1 Å². The van der Waals surface area contributed by atoms with E-state index in [1.807, 2.05) is 36.4 Å². The first-order valence-electron chi connectivity index (χ1n) is 9.72. The van der Waals surface area contributed by atoms with Crippen LogP contribution in [-0.4, -0.2) is 41.4 Å². The molecule has 0 aromatic heterocycles. The van der Waals surface area contributed by atoms with Crippen LogP contribution in [0.5, 0.6) is 0 Å². The van der Waals surface area contributed by atoms with Crippen molar-refractivity contribution >= 4 is 34.6 Å². The SMILES string of the molecule is CCN(CC)C1=NC2=C(c3cccc(NC(C)=O)c3)C(=O)c3ccccc3C2=N1. The number of guanidine groups is 1. The Kier molecular flexibility index (Phi) is 4.84. The number of hydrogen-bond acceptors (Lipinski definition) is 5. The van der Waals surface area contributed by atoms with Crippen LogP contribution in [0.15, 0.2) is 64.2 Å². The van der Waals surface area contributed by atoms with Crippen LogP contribution in [-0.2, 0) is 4.79 Å². The molecular weight excluding hydrogens is 364 g/mol. The number of carbonyl (C=O) groups is 2. The number of rotatable bonds is 4. The predicted octanol–water partition coefficient (Wildman–Crippen LogP) is 3.75. The maximum absolute atomic E-state index is 13.4. The summed E-state index contributed by atoms with van der Waals surface area (Å²) >= 11 is 0. The zero-order valence-electron chi connectivity index (χ0n) is 16.7. The second kappa shape index (κ2) is 7.47. The summed E-state index contributed by atoms with van der Waals surface area (Å²) in [6.45, 7) is 7.13. The van der Waals surface area contributed by atoms with Gasteiger partial charge < -0.3 is 10.2 Å². The van der Waals surface area contributed by atoms with Gasteiger partial charge in [-0.1, -0.05) is 36.4 Å². The lowest BCUT2D eigenvalue weighted by atomic mass is 9.84. The Balaban J connectivity index is 1.92. The zero-order chi connectivity index (χ0) is 20.5. The molecule has 2 aromatic rings. The summed E-state index contributed by atoms with van der Waals surface area (Å²) in [5.41, 5.74) is 4.60. The number of nitrogens with zero attached hydrogens (tertiary/aromatic N) is 3. The van der Waals surface area contributed by atoms with E-state index >= 15 is 0 Å². The molecule has 6 heteroatoms. The molecule has 0 atom stereocenters. The first kappa shape index (κ1) is 18.8. The number of benzene rings is 2. The van der Waals surface area contributed by atoms with Gasteiger partial charge in [-0.05, 0) is 31.5 Å². The van der Waals surface area contributed by atoms with Gasteiger partial charge in [0.05, 0.1) is 5.57 Å². The minimum Gasteiger partial charge on any atom is -0.341 e. The lowest BCUT2D eigenvalue weighted by Gasteiger charge is -2.19. The van der Waals surface area contributed by atoms with Crippen molar-refractivity contribution in [3.05, 3.63) is 70.9 Å². The van der Waals surface area contributed by atoms with Gasteiger partial charge in [-0.2, -0.15) is 0 Å². The highest BCUT2D eigenvalue weighted by Crippen LogP contribution is 2.36. The van der Waals surface area contributed by atoms with Gasteiger partial charge in [-0.3, -0.25) is 9.59 Å². The number of aliphatic imine (C=N–C) groups is 2. The molecule has 1 aliphatic heterocycles. The standard InChI is InChI=1S/C23H22N4O2/c1-4-27(5-2)23-25-20-17-11-6-7-12-18(17)22(29)19(21(20)26-23)15-9-8-10-16(13-15)24-14(3)28/h6-13H,4-5H2,1-3H3,(H,24,28). The highest BCUT2D eigenvalue weighted by atomic mass is 16.1. The number of allylic oxidation sites excluding steroid dienone is 2. The van der Waals surface area contributed by atoms with Gasteiger partial charge in [-0.15, -0.1) is 0 Å². The zero-order valence-corrected chi connectivity index (χ0v) is 16.7. The van der Waals surface area contributed by atoms with Crippen molar-refractivity contribution in [3.63, 3.8) is 0 Å². The normalized spacial score (nSPS) is 14.8. The van der Waals surface area contributed by atoms with Crippen LogP contribution >= 0.6 is 0 Å². The number of carbonyl (C=O) groups excluding carboxylic acids is 2. The molecular formula is C23H22N4O2. The number of Topliss-reactive ketones (excluding diaryl/α,β-unsaturated/α-hetero) is 1. The molecule has 146 valence electrons. The van der Waals surface area contributed by atoms with Crippen molar-refractivity contribution in [1.82, 2.24) is 4.90 Å². The second-order valence-corrected chi connectivity index (χ2v) is 6.90. The number of ketones is 1. The molecule has 0 spiro atoms. The van der Waals surface area contributed by atoms with E-state index in [0.717, 1.165) is 24.4 Å². The monoisotopic (exact) mass is 386 g/mol. The van der Waals surface area contributed by atoms with E-state index in [1.54, 1.807) is 12.1 Å². The van der Waals surface area contributed by atoms with Gasteiger partial charge >= 0.3 is 0 Å². The first-order chi connectivity index (χ1) is 14.0. The number of hydrogen-bond donors (Lipinski definition) is 1. The molecule has 2 aromatic carbocycles. The fraction of sp³-hybridized carbons (Fsp3) is 0.217. The van der Waals surface area contributed by atoms with Crippen molar-refractivity contribution in [3.8, 4) is 0 Å². The minimum atomic E-state index is -0.162. The van der Waals surface area contributed by atoms with Crippen LogP contribution < -0.4 is 5.32 Å². The van der Waals surface area contributed by atoms with Gasteiger partial charge in [0.1, 0.15) is 11.4 Å². The second-order valence-electron chi connectivity index (χ2n) is 6.90. The summed E-state index contributed by atoms with van der Waals surface area (Å²) in [6, 6.07) is 14.8. The van der Waals surface area contributed by atoms with E-state index in [4.69, 9.17) is 9.98 Å². The molecule has 0 unspecified atom stereocenters. The summed E-state index contributed by atoms with van der Waals surface area (Å²) in [7, 11) is 0. The Labute approximate surface area is 169 Å². The lowest BCUT2D eigenvalue weighted by Crippen LogP contribution is -2.28. The predicted molar refractivity (Wildman–Crippen MR) is 115 cm³/mol. The average Bonchev–Trinajstić information content (AvgIpc) is 3.14. The number of nitrogens with one attached hydrogen (secondary N) is 1. The Morgan fingerprint density at radius 3 is 2.41 bits per heavy atom.